The van der Waals surface area contributed by atoms with Gasteiger partial charge in [0, 0.05) is 55.0 Å². The van der Waals surface area contributed by atoms with Crippen molar-refractivity contribution in [3.05, 3.63) is 36.0 Å². The molecule has 1 aromatic carbocycles. The fourth-order valence-corrected chi connectivity index (χ4v) is 3.37. The van der Waals surface area contributed by atoms with E-state index in [2.05, 4.69) is 24.3 Å². The minimum atomic E-state index is -0.0154. The van der Waals surface area contributed by atoms with Gasteiger partial charge in [-0.1, -0.05) is 6.07 Å². The van der Waals surface area contributed by atoms with Crippen molar-refractivity contribution >= 4 is 16.8 Å². The molecule has 0 bridgehead atoms. The van der Waals surface area contributed by atoms with E-state index in [0.29, 0.717) is 6.54 Å². The lowest BCUT2D eigenvalue weighted by molar-refractivity contribution is -0.00657. The van der Waals surface area contributed by atoms with Crippen LogP contribution in [0.1, 0.15) is 23.2 Å². The molecular weight excluding hydrogens is 290 g/mol. The molecule has 124 valence electrons. The summed E-state index contributed by atoms with van der Waals surface area (Å²) in [5.41, 5.74) is 1.80. The molecule has 1 aliphatic rings. The number of nitrogens with zero attached hydrogens (tertiary/aromatic N) is 2. The summed E-state index contributed by atoms with van der Waals surface area (Å²) in [6, 6.07) is 7.86. The number of carbonyl (C=O) groups is 1. The Balaban J connectivity index is 1.78. The SMILES string of the molecule is CN(C)C1(CNC(=O)c2cccc3c2ccn3C)CCOCC1. The highest BCUT2D eigenvalue weighted by Gasteiger charge is 2.35. The van der Waals surface area contributed by atoms with Gasteiger partial charge in [0.25, 0.3) is 5.91 Å². The third-order valence-electron chi connectivity index (χ3n) is 5.12. The van der Waals surface area contributed by atoms with Crippen molar-refractivity contribution < 1.29 is 9.53 Å². The van der Waals surface area contributed by atoms with Crippen molar-refractivity contribution in [1.29, 1.82) is 0 Å². The first-order valence-corrected chi connectivity index (χ1v) is 8.11. The van der Waals surface area contributed by atoms with Crippen LogP contribution in [0.5, 0.6) is 0 Å². The molecule has 5 nitrogen and oxygen atoms in total. The molecule has 0 saturated carbocycles. The lowest BCUT2D eigenvalue weighted by Crippen LogP contribution is -2.55. The standard InChI is InChI=1S/C18H25N3O2/c1-20(2)18(8-11-23-12-9-18)13-19-17(22)15-5-4-6-16-14(15)7-10-21(16)3/h4-7,10H,8-9,11-13H2,1-3H3,(H,19,22). The zero-order chi connectivity index (χ0) is 16.4. The summed E-state index contributed by atoms with van der Waals surface area (Å²) in [5.74, 6) is -0.00508. The molecule has 23 heavy (non-hydrogen) atoms. The predicted octanol–water partition coefficient (Wildman–Crippen LogP) is 2.02. The highest BCUT2D eigenvalue weighted by Crippen LogP contribution is 2.25. The Morgan fingerprint density at radius 1 is 1.30 bits per heavy atom. The molecule has 0 atom stereocenters. The fraction of sp³-hybridized carbons (Fsp3) is 0.500. The predicted molar refractivity (Wildman–Crippen MR) is 91.7 cm³/mol. The maximum atomic E-state index is 12.7. The molecule has 0 aliphatic carbocycles. The van der Waals surface area contributed by atoms with Crippen molar-refractivity contribution in [2.24, 2.45) is 7.05 Å². The summed E-state index contributed by atoms with van der Waals surface area (Å²) < 4.78 is 7.52. The Labute approximate surface area is 137 Å². The average Bonchev–Trinajstić information content (AvgIpc) is 2.95. The second-order valence-corrected chi connectivity index (χ2v) is 6.58. The third kappa shape index (κ3) is 2.99. The number of rotatable bonds is 4. The molecule has 2 aromatic rings. The molecule has 0 unspecified atom stereocenters. The summed E-state index contributed by atoms with van der Waals surface area (Å²) in [6.45, 7) is 2.15. The molecular formula is C18H25N3O2. The molecule has 1 amide bonds. The highest BCUT2D eigenvalue weighted by molar-refractivity contribution is 6.06. The van der Waals surface area contributed by atoms with E-state index in [1.807, 2.05) is 42.1 Å². The van der Waals surface area contributed by atoms with Gasteiger partial charge in [0.05, 0.1) is 0 Å². The van der Waals surface area contributed by atoms with Crippen molar-refractivity contribution in [2.75, 3.05) is 33.9 Å². The molecule has 1 N–H and O–H groups in total. The van der Waals surface area contributed by atoms with Crippen LogP contribution in [0.15, 0.2) is 30.5 Å². The molecule has 1 aliphatic heterocycles. The van der Waals surface area contributed by atoms with E-state index >= 15 is 0 Å². The van der Waals surface area contributed by atoms with Gasteiger partial charge in [0.1, 0.15) is 0 Å². The van der Waals surface area contributed by atoms with Crippen molar-refractivity contribution in [3.8, 4) is 0 Å². The van der Waals surface area contributed by atoms with E-state index in [4.69, 9.17) is 4.74 Å². The van der Waals surface area contributed by atoms with E-state index in [0.717, 1.165) is 42.5 Å². The van der Waals surface area contributed by atoms with Gasteiger partial charge in [-0.3, -0.25) is 4.79 Å². The number of aromatic nitrogens is 1. The smallest absolute Gasteiger partial charge is 0.252 e. The maximum absolute atomic E-state index is 12.7. The number of benzene rings is 1. The lowest BCUT2D eigenvalue weighted by atomic mass is 9.88. The van der Waals surface area contributed by atoms with Crippen LogP contribution in [0, 0.1) is 0 Å². The number of ether oxygens (including phenoxy) is 1. The first-order valence-electron chi connectivity index (χ1n) is 8.11. The van der Waals surface area contributed by atoms with Crippen molar-refractivity contribution in [2.45, 2.75) is 18.4 Å². The number of hydrogen-bond acceptors (Lipinski definition) is 3. The fourth-order valence-electron chi connectivity index (χ4n) is 3.37. The monoisotopic (exact) mass is 315 g/mol. The highest BCUT2D eigenvalue weighted by atomic mass is 16.5. The van der Waals surface area contributed by atoms with Gasteiger partial charge in [0.2, 0.25) is 0 Å². The number of amides is 1. The summed E-state index contributed by atoms with van der Waals surface area (Å²) >= 11 is 0. The topological polar surface area (TPSA) is 46.5 Å². The van der Waals surface area contributed by atoms with Gasteiger partial charge in [0.15, 0.2) is 0 Å². The lowest BCUT2D eigenvalue weighted by Gasteiger charge is -2.42. The molecule has 2 heterocycles. The van der Waals surface area contributed by atoms with E-state index in [-0.39, 0.29) is 11.4 Å². The summed E-state index contributed by atoms with van der Waals surface area (Å²) in [5, 5.41) is 4.15. The Morgan fingerprint density at radius 3 is 2.74 bits per heavy atom. The molecule has 0 spiro atoms. The Bertz CT molecular complexity index is 699. The number of likely N-dealkylation sites (N-methyl/N-ethyl adjacent to an activating group) is 1. The Kier molecular flexibility index (Phi) is 4.41. The van der Waals surface area contributed by atoms with Crippen LogP contribution in [0.3, 0.4) is 0 Å². The zero-order valence-corrected chi connectivity index (χ0v) is 14.1. The third-order valence-corrected chi connectivity index (χ3v) is 5.12. The van der Waals surface area contributed by atoms with Crippen LogP contribution < -0.4 is 5.32 Å². The first-order chi connectivity index (χ1) is 11.0. The van der Waals surface area contributed by atoms with Crippen LogP contribution in [0.4, 0.5) is 0 Å². The zero-order valence-electron chi connectivity index (χ0n) is 14.1. The van der Waals surface area contributed by atoms with Crippen LogP contribution in [-0.2, 0) is 11.8 Å². The quantitative estimate of drug-likeness (QED) is 0.939. The van der Waals surface area contributed by atoms with Gasteiger partial charge in [-0.2, -0.15) is 0 Å². The minimum absolute atomic E-state index is 0.00508. The van der Waals surface area contributed by atoms with Crippen molar-refractivity contribution in [3.63, 3.8) is 0 Å². The Morgan fingerprint density at radius 2 is 2.04 bits per heavy atom. The number of hydrogen-bond donors (Lipinski definition) is 1. The molecule has 0 radical (unpaired) electrons. The van der Waals surface area contributed by atoms with Crippen LogP contribution in [0.2, 0.25) is 0 Å². The average molecular weight is 315 g/mol. The number of nitrogens with one attached hydrogen (secondary N) is 1. The Hall–Kier alpha value is -1.85. The molecule has 5 heteroatoms. The maximum Gasteiger partial charge on any atom is 0.252 e. The second-order valence-electron chi connectivity index (χ2n) is 6.58. The van der Waals surface area contributed by atoms with Crippen LogP contribution in [0.25, 0.3) is 10.9 Å². The van der Waals surface area contributed by atoms with E-state index in [1.165, 1.54) is 0 Å². The molecule has 1 aromatic heterocycles. The van der Waals surface area contributed by atoms with E-state index in [9.17, 15) is 4.79 Å². The summed E-state index contributed by atoms with van der Waals surface area (Å²) in [7, 11) is 6.15. The van der Waals surface area contributed by atoms with Crippen LogP contribution >= 0.6 is 0 Å². The molecule has 1 fully saturated rings. The van der Waals surface area contributed by atoms with Gasteiger partial charge in [-0.05, 0) is 45.1 Å². The number of aryl methyl sites for hydroxylation is 1. The first kappa shape index (κ1) is 16.0. The van der Waals surface area contributed by atoms with E-state index in [1.54, 1.807) is 0 Å². The van der Waals surface area contributed by atoms with Gasteiger partial charge in [-0.25, -0.2) is 0 Å². The largest absolute Gasteiger partial charge is 0.381 e. The van der Waals surface area contributed by atoms with Crippen molar-refractivity contribution in [1.82, 2.24) is 14.8 Å². The number of carbonyl (C=O) groups excluding carboxylic acids is 1. The number of fused-ring (bicyclic) bond motifs is 1. The van der Waals surface area contributed by atoms with Gasteiger partial charge >= 0.3 is 0 Å². The van der Waals surface area contributed by atoms with E-state index < -0.39 is 0 Å². The minimum Gasteiger partial charge on any atom is -0.381 e. The molecule has 3 rings (SSSR count). The second kappa shape index (κ2) is 6.34. The summed E-state index contributed by atoms with van der Waals surface area (Å²) in [6.07, 6.45) is 3.87. The van der Waals surface area contributed by atoms with Gasteiger partial charge in [-0.15, -0.1) is 0 Å². The molecule has 1 saturated heterocycles. The normalized spacial score (nSPS) is 17.6. The summed E-state index contributed by atoms with van der Waals surface area (Å²) in [4.78, 5) is 14.9. The van der Waals surface area contributed by atoms with Crippen LogP contribution in [-0.4, -0.2) is 54.8 Å². The van der Waals surface area contributed by atoms with Gasteiger partial charge < -0.3 is 19.5 Å².